The molecular formula is C13H16FNO2. The molecule has 1 N–H and O–H groups in total. The van der Waals surface area contributed by atoms with Crippen molar-refractivity contribution in [2.24, 2.45) is 0 Å². The molecule has 17 heavy (non-hydrogen) atoms. The number of halogens is 1. The Morgan fingerprint density at radius 3 is 2.94 bits per heavy atom. The van der Waals surface area contributed by atoms with Crippen molar-refractivity contribution in [1.82, 2.24) is 0 Å². The van der Waals surface area contributed by atoms with Gasteiger partial charge in [0.2, 0.25) is 0 Å². The van der Waals surface area contributed by atoms with Gasteiger partial charge in [-0.25, -0.2) is 9.18 Å². The molecule has 1 saturated heterocycles. The maximum atomic E-state index is 13.9. The van der Waals surface area contributed by atoms with E-state index in [4.69, 9.17) is 5.11 Å². The molecule has 4 heteroatoms. The number of nitrogens with zero attached hydrogens (tertiary/aromatic N) is 1. The fourth-order valence-electron chi connectivity index (χ4n) is 2.45. The summed E-state index contributed by atoms with van der Waals surface area (Å²) in [5.74, 6) is -1.53. The van der Waals surface area contributed by atoms with E-state index in [2.05, 4.69) is 6.92 Å². The van der Waals surface area contributed by atoms with E-state index in [1.807, 2.05) is 4.90 Å². The summed E-state index contributed by atoms with van der Waals surface area (Å²) in [7, 11) is 0. The molecule has 1 atom stereocenters. The van der Waals surface area contributed by atoms with E-state index in [-0.39, 0.29) is 5.56 Å². The van der Waals surface area contributed by atoms with Crippen molar-refractivity contribution in [2.45, 2.75) is 32.2 Å². The number of carboxylic acids is 1. The van der Waals surface area contributed by atoms with Gasteiger partial charge in [0.25, 0.3) is 0 Å². The molecule has 1 fully saturated rings. The average Bonchev–Trinajstić information content (AvgIpc) is 2.76. The van der Waals surface area contributed by atoms with E-state index >= 15 is 0 Å². The summed E-state index contributed by atoms with van der Waals surface area (Å²) < 4.78 is 13.9. The third-order valence-corrected chi connectivity index (χ3v) is 3.35. The van der Waals surface area contributed by atoms with E-state index in [1.165, 1.54) is 6.07 Å². The molecular weight excluding hydrogens is 221 g/mol. The Bertz CT molecular complexity index is 433. The number of rotatable bonds is 3. The summed E-state index contributed by atoms with van der Waals surface area (Å²) in [5.41, 5.74) is 0.526. The molecule has 0 bridgehead atoms. The highest BCUT2D eigenvalue weighted by Gasteiger charge is 2.25. The summed E-state index contributed by atoms with van der Waals surface area (Å²) in [6.07, 6.45) is 3.13. The molecule has 0 aromatic heterocycles. The van der Waals surface area contributed by atoms with Crippen molar-refractivity contribution < 1.29 is 14.3 Å². The van der Waals surface area contributed by atoms with Gasteiger partial charge in [0.15, 0.2) is 0 Å². The van der Waals surface area contributed by atoms with Crippen LogP contribution < -0.4 is 4.90 Å². The van der Waals surface area contributed by atoms with Gasteiger partial charge in [0.05, 0.1) is 11.3 Å². The van der Waals surface area contributed by atoms with Crippen LogP contribution in [0.3, 0.4) is 0 Å². The van der Waals surface area contributed by atoms with Crippen molar-refractivity contribution >= 4 is 11.7 Å². The van der Waals surface area contributed by atoms with E-state index in [1.54, 1.807) is 6.07 Å². The second-order valence-corrected chi connectivity index (χ2v) is 4.37. The largest absolute Gasteiger partial charge is 0.478 e. The zero-order valence-electron chi connectivity index (χ0n) is 9.82. The first-order valence-corrected chi connectivity index (χ1v) is 5.93. The summed E-state index contributed by atoms with van der Waals surface area (Å²) >= 11 is 0. The number of benzene rings is 1. The molecule has 3 nitrogen and oxygen atoms in total. The topological polar surface area (TPSA) is 40.5 Å². The lowest BCUT2D eigenvalue weighted by atomic mass is 10.1. The van der Waals surface area contributed by atoms with Crippen LogP contribution in [-0.4, -0.2) is 23.7 Å². The highest BCUT2D eigenvalue weighted by atomic mass is 19.1. The minimum absolute atomic E-state index is 0.00139. The van der Waals surface area contributed by atoms with Crippen molar-refractivity contribution in [3.05, 3.63) is 29.6 Å². The molecule has 0 spiro atoms. The fourth-order valence-corrected chi connectivity index (χ4v) is 2.45. The molecule has 2 rings (SSSR count). The molecule has 1 heterocycles. The molecule has 0 radical (unpaired) electrons. The highest BCUT2D eigenvalue weighted by molar-refractivity contribution is 5.88. The van der Waals surface area contributed by atoms with Gasteiger partial charge in [-0.15, -0.1) is 0 Å². The minimum atomic E-state index is -1.09. The third-order valence-electron chi connectivity index (χ3n) is 3.35. The van der Waals surface area contributed by atoms with Crippen LogP contribution in [0.25, 0.3) is 0 Å². The van der Waals surface area contributed by atoms with Crippen molar-refractivity contribution in [3.8, 4) is 0 Å². The molecule has 1 unspecified atom stereocenters. The highest BCUT2D eigenvalue weighted by Crippen LogP contribution is 2.29. The Kier molecular flexibility index (Phi) is 3.31. The predicted octanol–water partition coefficient (Wildman–Crippen LogP) is 2.90. The number of carbonyl (C=O) groups is 1. The predicted molar refractivity (Wildman–Crippen MR) is 64.0 cm³/mol. The number of hydrogen-bond acceptors (Lipinski definition) is 2. The summed E-state index contributed by atoms with van der Waals surface area (Å²) in [4.78, 5) is 12.8. The van der Waals surface area contributed by atoms with Gasteiger partial charge in [-0.05, 0) is 37.5 Å². The zero-order valence-corrected chi connectivity index (χ0v) is 9.82. The van der Waals surface area contributed by atoms with Crippen LogP contribution >= 0.6 is 0 Å². The van der Waals surface area contributed by atoms with Crippen LogP contribution in [0.4, 0.5) is 10.1 Å². The van der Waals surface area contributed by atoms with Gasteiger partial charge in [0.1, 0.15) is 5.82 Å². The van der Waals surface area contributed by atoms with Crippen LogP contribution in [0.1, 0.15) is 36.5 Å². The zero-order chi connectivity index (χ0) is 12.4. The van der Waals surface area contributed by atoms with Gasteiger partial charge in [-0.1, -0.05) is 6.92 Å². The smallest absolute Gasteiger partial charge is 0.335 e. The molecule has 1 aromatic carbocycles. The monoisotopic (exact) mass is 237 g/mol. The Labute approximate surface area is 99.9 Å². The lowest BCUT2D eigenvalue weighted by molar-refractivity contribution is 0.0696. The van der Waals surface area contributed by atoms with Gasteiger partial charge < -0.3 is 10.0 Å². The first-order valence-electron chi connectivity index (χ1n) is 5.93. The van der Waals surface area contributed by atoms with Crippen LogP contribution in [0.15, 0.2) is 18.2 Å². The Morgan fingerprint density at radius 1 is 1.59 bits per heavy atom. The standard InChI is InChI=1S/C13H16FNO2/c1-2-10-4-3-7-15(10)12-6-5-9(13(16)17)8-11(12)14/h5-6,8,10H,2-4,7H2,1H3,(H,16,17). The van der Waals surface area contributed by atoms with Gasteiger partial charge in [-0.2, -0.15) is 0 Å². The fraction of sp³-hybridized carbons (Fsp3) is 0.462. The third kappa shape index (κ3) is 2.25. The average molecular weight is 237 g/mol. The molecule has 0 saturated carbocycles. The number of carboxylic acid groups (broad SMARTS) is 1. The summed E-state index contributed by atoms with van der Waals surface area (Å²) in [5, 5.41) is 8.78. The van der Waals surface area contributed by atoms with Crippen LogP contribution in [0, 0.1) is 5.82 Å². The van der Waals surface area contributed by atoms with Gasteiger partial charge >= 0.3 is 5.97 Å². The van der Waals surface area contributed by atoms with Crippen molar-refractivity contribution in [3.63, 3.8) is 0 Å². The van der Waals surface area contributed by atoms with E-state index in [0.29, 0.717) is 11.7 Å². The second-order valence-electron chi connectivity index (χ2n) is 4.37. The number of anilines is 1. The quantitative estimate of drug-likeness (QED) is 0.878. The minimum Gasteiger partial charge on any atom is -0.478 e. The van der Waals surface area contributed by atoms with Crippen molar-refractivity contribution in [2.75, 3.05) is 11.4 Å². The number of hydrogen-bond donors (Lipinski definition) is 1. The Balaban J connectivity index is 2.30. The molecule has 92 valence electrons. The number of aromatic carboxylic acids is 1. The molecule has 1 aliphatic heterocycles. The first kappa shape index (κ1) is 11.9. The Morgan fingerprint density at radius 2 is 2.35 bits per heavy atom. The summed E-state index contributed by atoms with van der Waals surface area (Å²) in [6.45, 7) is 2.94. The van der Waals surface area contributed by atoms with E-state index < -0.39 is 11.8 Å². The lowest BCUT2D eigenvalue weighted by Gasteiger charge is -2.26. The van der Waals surface area contributed by atoms with Gasteiger partial charge in [0, 0.05) is 12.6 Å². The van der Waals surface area contributed by atoms with Crippen molar-refractivity contribution in [1.29, 1.82) is 0 Å². The maximum absolute atomic E-state index is 13.9. The molecule has 1 aromatic rings. The second kappa shape index (κ2) is 4.73. The Hall–Kier alpha value is -1.58. The summed E-state index contributed by atoms with van der Waals surface area (Å²) in [6, 6.07) is 4.52. The SMILES string of the molecule is CCC1CCCN1c1ccc(C(=O)O)cc1F. The molecule has 1 aliphatic rings. The molecule has 0 aliphatic carbocycles. The lowest BCUT2D eigenvalue weighted by Crippen LogP contribution is -2.29. The van der Waals surface area contributed by atoms with Crippen LogP contribution in [-0.2, 0) is 0 Å². The van der Waals surface area contributed by atoms with E-state index in [9.17, 15) is 9.18 Å². The van der Waals surface area contributed by atoms with Crippen LogP contribution in [0.2, 0.25) is 0 Å². The van der Waals surface area contributed by atoms with Gasteiger partial charge in [-0.3, -0.25) is 0 Å². The van der Waals surface area contributed by atoms with E-state index in [0.717, 1.165) is 31.9 Å². The van der Waals surface area contributed by atoms with Crippen LogP contribution in [0.5, 0.6) is 0 Å². The maximum Gasteiger partial charge on any atom is 0.335 e. The normalized spacial score (nSPS) is 19.6. The first-order chi connectivity index (χ1) is 8.13. The molecule has 0 amide bonds.